The Bertz CT molecular complexity index is 2010. The van der Waals surface area contributed by atoms with Gasteiger partial charge in [-0.05, 0) is 87.7 Å². The minimum absolute atomic E-state index is 0.00523. The van der Waals surface area contributed by atoms with Crippen molar-refractivity contribution in [3.8, 4) is 0 Å². The predicted molar refractivity (Wildman–Crippen MR) is 241 cm³/mol. The van der Waals surface area contributed by atoms with Gasteiger partial charge in [0.05, 0.1) is 46.1 Å². The third-order valence-corrected chi connectivity index (χ3v) is 19.0. The third kappa shape index (κ3) is 8.20. The van der Waals surface area contributed by atoms with E-state index in [-0.39, 0.29) is 74.6 Å². The molecule has 2 amide bonds. The lowest BCUT2D eigenvalue weighted by Crippen LogP contribution is -2.64. The second kappa shape index (κ2) is 19.1. The molecule has 9 aliphatic rings. The fourth-order valence-electron chi connectivity index (χ4n) is 14.3. The van der Waals surface area contributed by atoms with Crippen LogP contribution in [-0.4, -0.2) is 133 Å². The standard InChI is InChI=1S/C50H68N2O13S/c1-27-9-11-32-29(3)46(56)64-44(32)41-34(27)24-37(48(41)14-15-49(58)42-35(25-50(48,49)59)28(2)10-12-33-30(4)47(57)65-45(33)42)63-40(55)13-17-60-19-21-62-22-20-61-18-16-51-38(53)8-6-5-7-36-43-31(26-66-36)23-39(54)52-43/h31-37,41-45,58-59H,1-26H2,(H,51,53)(H,52,54)/t31-,32-,33-,34-,35-,36-,37-,41-,42-,43-,44-,45-,48+,49-,50-/m0/s1. The Kier molecular flexibility index (Phi) is 13.8. The molecular weight excluding hydrogens is 869 g/mol. The predicted octanol–water partition coefficient (Wildman–Crippen LogP) is 4.05. The monoisotopic (exact) mass is 936 g/mol. The molecule has 0 aromatic rings. The number of carbonyl (C=O) groups is 5. The first-order valence-electron chi connectivity index (χ1n) is 24.4. The van der Waals surface area contributed by atoms with Crippen LogP contribution in [0, 0.1) is 46.8 Å². The Hall–Kier alpha value is -3.54. The molecule has 4 heterocycles. The fraction of sp³-hybridized carbons (Fsp3) is 0.740. The molecule has 0 aromatic heterocycles. The summed E-state index contributed by atoms with van der Waals surface area (Å²) in [6.07, 6.45) is 5.05. The number of amides is 2. The molecule has 15 nitrogen and oxygen atoms in total. The van der Waals surface area contributed by atoms with E-state index in [2.05, 4.69) is 36.9 Å². The molecule has 4 N–H and O–H groups in total. The number of hydrogen-bond donors (Lipinski definition) is 4. The summed E-state index contributed by atoms with van der Waals surface area (Å²) < 4.78 is 35.6. The first kappa shape index (κ1) is 47.5. The number of thioether (sulfide) groups is 1. The van der Waals surface area contributed by atoms with E-state index in [0.29, 0.717) is 106 Å². The van der Waals surface area contributed by atoms with Crippen LogP contribution in [0.3, 0.4) is 0 Å². The Morgan fingerprint density at radius 3 is 2.12 bits per heavy atom. The Morgan fingerprint density at radius 1 is 0.788 bits per heavy atom. The van der Waals surface area contributed by atoms with Gasteiger partial charge in [0.2, 0.25) is 11.8 Å². The van der Waals surface area contributed by atoms with Crippen molar-refractivity contribution < 1.29 is 62.6 Å². The van der Waals surface area contributed by atoms with Gasteiger partial charge in [-0.1, -0.05) is 43.9 Å². The van der Waals surface area contributed by atoms with Crippen molar-refractivity contribution in [2.45, 2.75) is 131 Å². The lowest BCUT2D eigenvalue weighted by atomic mass is 9.59. The summed E-state index contributed by atoms with van der Waals surface area (Å²) in [6.45, 7) is 19.1. The molecule has 5 aliphatic carbocycles. The van der Waals surface area contributed by atoms with Crippen LogP contribution in [0.5, 0.6) is 0 Å². The van der Waals surface area contributed by atoms with Crippen LogP contribution in [0.1, 0.15) is 89.9 Å². The maximum Gasteiger partial charge on any atom is 0.334 e. The van der Waals surface area contributed by atoms with E-state index in [1.807, 2.05) is 11.8 Å². The van der Waals surface area contributed by atoms with Gasteiger partial charge in [-0.2, -0.15) is 11.8 Å². The topological polar surface area (TPSA) is 205 Å². The van der Waals surface area contributed by atoms with Crippen molar-refractivity contribution in [2.75, 3.05) is 51.9 Å². The number of rotatable bonds is 18. The highest BCUT2D eigenvalue weighted by Gasteiger charge is 2.83. The largest absolute Gasteiger partial charge is 0.462 e. The van der Waals surface area contributed by atoms with Gasteiger partial charge in [-0.3, -0.25) is 14.4 Å². The number of fused-ring (bicyclic) bond motifs is 11. The zero-order valence-electron chi connectivity index (χ0n) is 38.1. The highest BCUT2D eigenvalue weighted by molar-refractivity contribution is 8.00. The van der Waals surface area contributed by atoms with Crippen molar-refractivity contribution in [2.24, 2.45) is 46.8 Å². The maximum absolute atomic E-state index is 13.8. The Morgan fingerprint density at radius 2 is 1.42 bits per heavy atom. The average molecular weight is 937 g/mol. The normalized spacial score (nSPS) is 40.8. The summed E-state index contributed by atoms with van der Waals surface area (Å²) in [6, 6.07) is 0.294. The van der Waals surface area contributed by atoms with E-state index in [0.717, 1.165) is 36.2 Å². The van der Waals surface area contributed by atoms with Gasteiger partial charge in [0.25, 0.3) is 0 Å². The number of esters is 3. The van der Waals surface area contributed by atoms with Crippen LogP contribution in [-0.2, 0) is 52.4 Å². The SMILES string of the molecule is C=C1C(=O)O[C@@H]2[C@@H]3[C@@H](C[C@H](OC(=O)CCOCCOCCOCCNC(=O)CCCC[C@@H]4SC[C@@H]5CC(=O)N[C@@H]54)[C@]34CC[C@]3(O)[C@@H]5[C@H]6OC(=O)C(=C)[C@@H]6CCC(=C)[C@@H]5C[C@]43O)C(=C)CC[C@@H]12. The van der Waals surface area contributed by atoms with Crippen LogP contribution in [0.15, 0.2) is 48.6 Å². The zero-order valence-corrected chi connectivity index (χ0v) is 38.9. The molecule has 0 aromatic carbocycles. The van der Waals surface area contributed by atoms with Gasteiger partial charge < -0.3 is 49.3 Å². The first-order chi connectivity index (χ1) is 31.7. The molecule has 0 unspecified atom stereocenters. The molecule has 9 fully saturated rings. The third-order valence-electron chi connectivity index (χ3n) is 17.4. The molecule has 66 heavy (non-hydrogen) atoms. The molecule has 1 spiro atoms. The summed E-state index contributed by atoms with van der Waals surface area (Å²) in [5, 5.41) is 33.2. The van der Waals surface area contributed by atoms with Crippen LogP contribution >= 0.6 is 11.8 Å². The smallest absolute Gasteiger partial charge is 0.334 e. The summed E-state index contributed by atoms with van der Waals surface area (Å²) in [5.41, 5.74) is -2.21. The molecule has 362 valence electrons. The quantitative estimate of drug-likeness (QED) is 0.0504. The second-order valence-electron chi connectivity index (χ2n) is 20.5. The van der Waals surface area contributed by atoms with E-state index in [1.165, 1.54) is 0 Å². The molecule has 0 radical (unpaired) electrons. The number of aliphatic hydroxyl groups is 2. The van der Waals surface area contributed by atoms with Crippen LogP contribution in [0.2, 0.25) is 0 Å². The number of ether oxygens (including phenoxy) is 6. The van der Waals surface area contributed by atoms with E-state index in [9.17, 15) is 34.2 Å². The minimum atomic E-state index is -1.82. The molecular formula is C50H68N2O13S. The van der Waals surface area contributed by atoms with Gasteiger partial charge in [0, 0.05) is 70.9 Å². The summed E-state index contributed by atoms with van der Waals surface area (Å²) in [5.74, 6) is -2.22. The molecule has 4 saturated heterocycles. The number of allylic oxidation sites excluding steroid dienone is 2. The van der Waals surface area contributed by atoms with E-state index in [1.54, 1.807) is 0 Å². The molecule has 5 saturated carbocycles. The maximum atomic E-state index is 13.8. The van der Waals surface area contributed by atoms with E-state index < -0.39 is 64.7 Å². The van der Waals surface area contributed by atoms with E-state index in [4.69, 9.17) is 28.4 Å². The van der Waals surface area contributed by atoms with Crippen molar-refractivity contribution >= 4 is 41.5 Å². The molecule has 9 rings (SSSR count). The van der Waals surface area contributed by atoms with Gasteiger partial charge in [-0.15, -0.1) is 0 Å². The highest BCUT2D eigenvalue weighted by atomic mass is 32.2. The van der Waals surface area contributed by atoms with Crippen LogP contribution < -0.4 is 10.6 Å². The van der Waals surface area contributed by atoms with Gasteiger partial charge >= 0.3 is 17.9 Å². The summed E-state index contributed by atoms with van der Waals surface area (Å²) in [4.78, 5) is 63.8. The average Bonchev–Trinajstić information content (AvgIpc) is 4.10. The van der Waals surface area contributed by atoms with Gasteiger partial charge in [0.1, 0.15) is 29.5 Å². The molecule has 16 heteroatoms. The molecule has 4 aliphatic heterocycles. The van der Waals surface area contributed by atoms with Gasteiger partial charge in [0.15, 0.2) is 0 Å². The number of hydrogen-bond acceptors (Lipinski definition) is 14. The number of nitrogens with one attached hydrogen (secondary N) is 2. The molecule has 0 bridgehead atoms. The lowest BCUT2D eigenvalue weighted by Gasteiger charge is -2.51. The van der Waals surface area contributed by atoms with Crippen LogP contribution in [0.4, 0.5) is 0 Å². The second-order valence-corrected chi connectivity index (χ2v) is 21.8. The minimum Gasteiger partial charge on any atom is -0.462 e. The highest BCUT2D eigenvalue weighted by Crippen LogP contribution is 2.76. The van der Waals surface area contributed by atoms with Crippen molar-refractivity contribution in [3.63, 3.8) is 0 Å². The van der Waals surface area contributed by atoms with Gasteiger partial charge in [-0.25, -0.2) is 9.59 Å². The number of unbranched alkanes of at least 4 members (excludes halogenated alkanes) is 1. The number of carbonyl (C=O) groups excluding carboxylic acids is 5. The van der Waals surface area contributed by atoms with Crippen molar-refractivity contribution in [3.05, 3.63) is 48.6 Å². The van der Waals surface area contributed by atoms with E-state index >= 15 is 0 Å². The van der Waals surface area contributed by atoms with Crippen molar-refractivity contribution in [1.82, 2.24) is 10.6 Å². The lowest BCUT2D eigenvalue weighted by molar-refractivity contribution is -0.229. The van der Waals surface area contributed by atoms with Crippen molar-refractivity contribution in [1.29, 1.82) is 0 Å². The summed E-state index contributed by atoms with van der Waals surface area (Å²) in [7, 11) is 0. The molecule has 15 atom stereocenters. The fourth-order valence-corrected chi connectivity index (χ4v) is 15.9. The zero-order chi connectivity index (χ0) is 46.5. The summed E-state index contributed by atoms with van der Waals surface area (Å²) >= 11 is 1.94. The van der Waals surface area contributed by atoms with Crippen LogP contribution in [0.25, 0.3) is 0 Å². The Balaban J connectivity index is 0.741. The Labute approximate surface area is 391 Å². The first-order valence-corrected chi connectivity index (χ1v) is 25.4.